The quantitative estimate of drug-likeness (QED) is 0.844. The first-order chi connectivity index (χ1) is 13.1. The Labute approximate surface area is 159 Å². The first-order valence-electron chi connectivity index (χ1n) is 9.78. The third-order valence-corrected chi connectivity index (χ3v) is 6.08. The summed E-state index contributed by atoms with van der Waals surface area (Å²) in [5, 5.41) is 1.12. The Morgan fingerprint density at radius 2 is 2.07 bits per heavy atom. The minimum absolute atomic E-state index is 0.00320. The van der Waals surface area contributed by atoms with Gasteiger partial charge in [-0.2, -0.15) is 0 Å². The highest BCUT2D eigenvalue weighted by molar-refractivity contribution is 5.90. The van der Waals surface area contributed by atoms with Crippen LogP contribution in [-0.2, 0) is 27.3 Å². The second-order valence-corrected chi connectivity index (χ2v) is 7.71. The Morgan fingerprint density at radius 3 is 2.85 bits per heavy atom. The number of rotatable bonds is 3. The minimum Gasteiger partial charge on any atom is -0.467 e. The van der Waals surface area contributed by atoms with Crippen molar-refractivity contribution in [2.75, 3.05) is 20.2 Å². The lowest BCUT2D eigenvalue weighted by atomic mass is 9.96. The summed E-state index contributed by atoms with van der Waals surface area (Å²) in [6.07, 6.45) is 3.97. The number of nitrogens with one attached hydrogen (secondary N) is 1. The summed E-state index contributed by atoms with van der Waals surface area (Å²) in [7, 11) is 1.39. The fourth-order valence-corrected chi connectivity index (χ4v) is 4.47. The second-order valence-electron chi connectivity index (χ2n) is 7.71. The van der Waals surface area contributed by atoms with E-state index in [1.807, 2.05) is 18.2 Å². The van der Waals surface area contributed by atoms with Gasteiger partial charge >= 0.3 is 5.97 Å². The van der Waals surface area contributed by atoms with Crippen molar-refractivity contribution in [1.29, 1.82) is 0 Å². The molecule has 6 heteroatoms. The summed E-state index contributed by atoms with van der Waals surface area (Å²) < 4.78 is 5.03. The average Bonchev–Trinajstić information content (AvgIpc) is 3.05. The lowest BCUT2D eigenvalue weighted by Crippen LogP contribution is -2.53. The van der Waals surface area contributed by atoms with Gasteiger partial charge < -0.3 is 14.6 Å². The molecular formula is C21H27N3O3. The number of hydrogen-bond donors (Lipinski definition) is 1. The number of nitrogens with zero attached hydrogens (tertiary/aromatic N) is 2. The van der Waals surface area contributed by atoms with Crippen molar-refractivity contribution in [2.24, 2.45) is 0 Å². The molecule has 6 nitrogen and oxygen atoms in total. The first kappa shape index (κ1) is 18.0. The molecule has 2 aliphatic rings. The number of methoxy groups -OCH3 is 1. The largest absolute Gasteiger partial charge is 0.467 e. The van der Waals surface area contributed by atoms with E-state index in [1.165, 1.54) is 13.5 Å². The molecule has 1 aromatic carbocycles. The van der Waals surface area contributed by atoms with Crippen LogP contribution < -0.4 is 0 Å². The summed E-state index contributed by atoms with van der Waals surface area (Å²) in [4.78, 5) is 33.0. The Kier molecular flexibility index (Phi) is 4.91. The van der Waals surface area contributed by atoms with Gasteiger partial charge in [-0.25, -0.2) is 4.79 Å². The number of carbonyl (C=O) groups excluding carboxylic acids is 2. The number of likely N-dealkylation sites (tertiary alicyclic amines) is 1. The molecule has 1 N–H and O–H groups in total. The van der Waals surface area contributed by atoms with Crippen LogP contribution in [0.25, 0.3) is 10.9 Å². The monoisotopic (exact) mass is 369 g/mol. The van der Waals surface area contributed by atoms with Gasteiger partial charge in [-0.05, 0) is 37.9 Å². The van der Waals surface area contributed by atoms with Crippen molar-refractivity contribution >= 4 is 22.8 Å². The third kappa shape index (κ3) is 3.34. The van der Waals surface area contributed by atoms with Crippen LogP contribution in [-0.4, -0.2) is 58.9 Å². The van der Waals surface area contributed by atoms with E-state index in [4.69, 9.17) is 4.74 Å². The van der Waals surface area contributed by atoms with Crippen LogP contribution in [0, 0.1) is 0 Å². The summed E-state index contributed by atoms with van der Waals surface area (Å²) in [6, 6.07) is 7.93. The van der Waals surface area contributed by atoms with Crippen LogP contribution >= 0.6 is 0 Å². The SMILES string of the molecule is COC(=O)C1Cc2c([nH]c3ccccc23)CN1C(=O)CN1CCCCC1C. The topological polar surface area (TPSA) is 65.6 Å². The van der Waals surface area contributed by atoms with E-state index >= 15 is 0 Å². The highest BCUT2D eigenvalue weighted by atomic mass is 16.5. The summed E-state index contributed by atoms with van der Waals surface area (Å²) >= 11 is 0. The van der Waals surface area contributed by atoms with Crippen molar-refractivity contribution in [3.8, 4) is 0 Å². The van der Waals surface area contributed by atoms with Crippen LogP contribution in [0.2, 0.25) is 0 Å². The molecule has 0 radical (unpaired) electrons. The number of ether oxygens (including phenoxy) is 1. The number of aromatic amines is 1. The first-order valence-corrected chi connectivity index (χ1v) is 9.78. The average molecular weight is 369 g/mol. The molecule has 0 aliphatic carbocycles. The maximum absolute atomic E-state index is 13.1. The molecule has 0 bridgehead atoms. The fourth-order valence-electron chi connectivity index (χ4n) is 4.47. The number of amides is 1. The minimum atomic E-state index is -0.561. The summed E-state index contributed by atoms with van der Waals surface area (Å²) in [5.41, 5.74) is 3.19. The molecule has 0 spiro atoms. The molecule has 2 atom stereocenters. The zero-order chi connectivity index (χ0) is 19.0. The smallest absolute Gasteiger partial charge is 0.328 e. The molecule has 0 saturated carbocycles. The molecule has 144 valence electrons. The van der Waals surface area contributed by atoms with Crippen LogP contribution in [0.15, 0.2) is 24.3 Å². The van der Waals surface area contributed by atoms with Gasteiger partial charge in [0.05, 0.1) is 20.2 Å². The lowest BCUT2D eigenvalue weighted by Gasteiger charge is -2.38. The second kappa shape index (κ2) is 7.35. The lowest BCUT2D eigenvalue weighted by molar-refractivity contribution is -0.154. The van der Waals surface area contributed by atoms with Crippen LogP contribution in [0.4, 0.5) is 0 Å². The predicted molar refractivity (Wildman–Crippen MR) is 103 cm³/mol. The number of hydrogen-bond acceptors (Lipinski definition) is 4. The van der Waals surface area contributed by atoms with Gasteiger partial charge in [0, 0.05) is 29.1 Å². The van der Waals surface area contributed by atoms with Gasteiger partial charge in [-0.15, -0.1) is 0 Å². The van der Waals surface area contributed by atoms with Crippen LogP contribution in [0.5, 0.6) is 0 Å². The van der Waals surface area contributed by atoms with Gasteiger partial charge in [0.25, 0.3) is 0 Å². The van der Waals surface area contributed by atoms with E-state index in [-0.39, 0.29) is 11.9 Å². The van der Waals surface area contributed by atoms with Crippen LogP contribution in [0.1, 0.15) is 37.4 Å². The van der Waals surface area contributed by atoms with E-state index in [9.17, 15) is 9.59 Å². The molecule has 2 aromatic rings. The van der Waals surface area contributed by atoms with E-state index < -0.39 is 6.04 Å². The highest BCUT2D eigenvalue weighted by Crippen LogP contribution is 2.31. The van der Waals surface area contributed by atoms with Gasteiger partial charge in [-0.1, -0.05) is 24.6 Å². The number of esters is 1. The molecule has 1 aromatic heterocycles. The molecule has 2 aliphatic heterocycles. The van der Waals surface area contributed by atoms with Crippen molar-refractivity contribution in [1.82, 2.24) is 14.8 Å². The fraction of sp³-hybridized carbons (Fsp3) is 0.524. The zero-order valence-electron chi connectivity index (χ0n) is 16.0. The normalized spacial score (nSPS) is 23.3. The number of aromatic nitrogens is 1. The summed E-state index contributed by atoms with van der Waals surface area (Å²) in [6.45, 7) is 3.91. The van der Waals surface area contributed by atoms with E-state index in [0.717, 1.165) is 41.5 Å². The maximum Gasteiger partial charge on any atom is 0.328 e. The van der Waals surface area contributed by atoms with Crippen molar-refractivity contribution in [3.05, 3.63) is 35.5 Å². The molecule has 27 heavy (non-hydrogen) atoms. The van der Waals surface area contributed by atoms with Crippen molar-refractivity contribution in [3.63, 3.8) is 0 Å². The van der Waals surface area contributed by atoms with Gasteiger partial charge in [0.2, 0.25) is 5.91 Å². The van der Waals surface area contributed by atoms with Crippen molar-refractivity contribution < 1.29 is 14.3 Å². The molecular weight excluding hydrogens is 342 g/mol. The standard InChI is InChI=1S/C21H27N3O3/c1-14-7-5-6-10-23(14)13-20(25)24-12-18-16(11-19(24)21(26)27-2)15-8-3-4-9-17(15)22-18/h3-4,8-9,14,19,22H,5-7,10-13H2,1-2H3. The molecule has 1 saturated heterocycles. The van der Waals surface area contributed by atoms with Gasteiger partial charge in [0.15, 0.2) is 0 Å². The van der Waals surface area contributed by atoms with Gasteiger partial charge in [0.1, 0.15) is 6.04 Å². The maximum atomic E-state index is 13.1. The number of carbonyl (C=O) groups is 2. The molecule has 2 unspecified atom stereocenters. The Morgan fingerprint density at radius 1 is 1.26 bits per heavy atom. The zero-order valence-corrected chi connectivity index (χ0v) is 16.0. The number of fused-ring (bicyclic) bond motifs is 3. The number of benzene rings is 1. The third-order valence-electron chi connectivity index (χ3n) is 6.08. The Bertz CT molecular complexity index is 859. The summed E-state index contributed by atoms with van der Waals surface area (Å²) in [5.74, 6) is -0.338. The number of piperidine rings is 1. The van der Waals surface area contributed by atoms with E-state index in [2.05, 4.69) is 22.9 Å². The van der Waals surface area contributed by atoms with Crippen molar-refractivity contribution in [2.45, 2.75) is 51.2 Å². The van der Waals surface area contributed by atoms with Gasteiger partial charge in [-0.3, -0.25) is 9.69 Å². The highest BCUT2D eigenvalue weighted by Gasteiger charge is 2.37. The molecule has 1 fully saturated rings. The molecule has 4 rings (SSSR count). The molecule has 3 heterocycles. The Balaban J connectivity index is 1.61. The Hall–Kier alpha value is -2.34. The van der Waals surface area contributed by atoms with Crippen LogP contribution in [0.3, 0.4) is 0 Å². The molecule has 1 amide bonds. The number of para-hydroxylation sites is 1. The van der Waals surface area contributed by atoms with E-state index in [0.29, 0.717) is 25.6 Å². The van der Waals surface area contributed by atoms with E-state index in [1.54, 1.807) is 4.90 Å². The predicted octanol–water partition coefficient (Wildman–Crippen LogP) is 2.47. The number of H-pyrrole nitrogens is 1.